The number of hydrogen-bond donors (Lipinski definition) is 1. The first kappa shape index (κ1) is 17.8. The van der Waals surface area contributed by atoms with Crippen LogP contribution in [-0.4, -0.2) is 31.8 Å². The van der Waals surface area contributed by atoms with Crippen LogP contribution in [0.2, 0.25) is 0 Å². The second kappa shape index (κ2) is 7.11. The SMILES string of the molecule is CCCc1nnsc1C(=O)NCCn1nc(C(F)(F)F)cc1C1CC1. The maximum Gasteiger partial charge on any atom is 0.435 e. The molecule has 2 heterocycles. The van der Waals surface area contributed by atoms with Gasteiger partial charge in [0, 0.05) is 18.2 Å². The summed E-state index contributed by atoms with van der Waals surface area (Å²) >= 11 is 1.03. The van der Waals surface area contributed by atoms with Crippen LogP contribution in [0.3, 0.4) is 0 Å². The fourth-order valence-corrected chi connectivity index (χ4v) is 3.22. The van der Waals surface area contributed by atoms with Crippen LogP contribution in [0, 0.1) is 0 Å². The molecule has 6 nitrogen and oxygen atoms in total. The minimum Gasteiger partial charge on any atom is -0.349 e. The summed E-state index contributed by atoms with van der Waals surface area (Å²) in [6, 6.07) is 1.12. The van der Waals surface area contributed by atoms with Crippen molar-refractivity contribution in [3.63, 3.8) is 0 Å². The van der Waals surface area contributed by atoms with Gasteiger partial charge in [-0.1, -0.05) is 17.8 Å². The number of carbonyl (C=O) groups is 1. The van der Waals surface area contributed by atoms with Crippen molar-refractivity contribution in [2.24, 2.45) is 0 Å². The Morgan fingerprint density at radius 3 is 2.84 bits per heavy atom. The Morgan fingerprint density at radius 2 is 2.20 bits per heavy atom. The van der Waals surface area contributed by atoms with E-state index in [2.05, 4.69) is 20.0 Å². The monoisotopic (exact) mass is 373 g/mol. The van der Waals surface area contributed by atoms with E-state index < -0.39 is 11.9 Å². The third kappa shape index (κ3) is 4.17. The second-order valence-electron chi connectivity index (χ2n) is 6.00. The van der Waals surface area contributed by atoms with Gasteiger partial charge in [-0.15, -0.1) is 5.10 Å². The maximum absolute atomic E-state index is 12.9. The molecule has 0 saturated heterocycles. The molecule has 1 fully saturated rings. The third-order valence-electron chi connectivity index (χ3n) is 3.96. The zero-order valence-electron chi connectivity index (χ0n) is 13.6. The molecular weight excluding hydrogens is 355 g/mol. The van der Waals surface area contributed by atoms with Crippen LogP contribution >= 0.6 is 11.5 Å². The van der Waals surface area contributed by atoms with Gasteiger partial charge in [0.2, 0.25) is 0 Å². The molecule has 1 saturated carbocycles. The van der Waals surface area contributed by atoms with Crippen molar-refractivity contribution in [3.8, 4) is 0 Å². The third-order valence-corrected chi connectivity index (χ3v) is 4.72. The van der Waals surface area contributed by atoms with Crippen molar-refractivity contribution in [2.45, 2.75) is 51.2 Å². The Hall–Kier alpha value is -1.97. The fourth-order valence-electron chi connectivity index (χ4n) is 2.59. The van der Waals surface area contributed by atoms with Gasteiger partial charge >= 0.3 is 6.18 Å². The van der Waals surface area contributed by atoms with Crippen LogP contribution in [-0.2, 0) is 19.1 Å². The van der Waals surface area contributed by atoms with E-state index in [1.807, 2.05) is 6.92 Å². The first-order valence-electron chi connectivity index (χ1n) is 8.14. The molecule has 0 bridgehead atoms. The van der Waals surface area contributed by atoms with Crippen LogP contribution in [0.25, 0.3) is 0 Å². The summed E-state index contributed by atoms with van der Waals surface area (Å²) in [6.07, 6.45) is -1.19. The summed E-state index contributed by atoms with van der Waals surface area (Å²) in [6.45, 7) is 2.38. The fraction of sp³-hybridized carbons (Fsp3) is 0.600. The number of amides is 1. The minimum absolute atomic E-state index is 0.140. The lowest BCUT2D eigenvalue weighted by atomic mass is 10.2. The zero-order chi connectivity index (χ0) is 18.0. The van der Waals surface area contributed by atoms with Crippen molar-refractivity contribution in [1.29, 1.82) is 0 Å². The lowest BCUT2D eigenvalue weighted by Crippen LogP contribution is -2.28. The Morgan fingerprint density at radius 1 is 1.44 bits per heavy atom. The summed E-state index contributed by atoms with van der Waals surface area (Å²) in [7, 11) is 0. The molecule has 136 valence electrons. The molecule has 2 aromatic rings. The van der Waals surface area contributed by atoms with Crippen molar-refractivity contribution in [3.05, 3.63) is 28.0 Å². The Labute approximate surface area is 146 Å². The molecule has 1 aliphatic rings. The van der Waals surface area contributed by atoms with Gasteiger partial charge in [0.25, 0.3) is 5.91 Å². The quantitative estimate of drug-likeness (QED) is 0.810. The van der Waals surface area contributed by atoms with Crippen LogP contribution in [0.5, 0.6) is 0 Å². The number of aryl methyl sites for hydroxylation is 1. The van der Waals surface area contributed by atoms with Crippen molar-refractivity contribution in [2.75, 3.05) is 6.54 Å². The molecule has 0 aliphatic heterocycles. The first-order valence-corrected chi connectivity index (χ1v) is 8.91. The van der Waals surface area contributed by atoms with Gasteiger partial charge < -0.3 is 5.32 Å². The summed E-state index contributed by atoms with van der Waals surface area (Å²) in [4.78, 5) is 12.7. The van der Waals surface area contributed by atoms with Gasteiger partial charge in [-0.25, -0.2) is 0 Å². The smallest absolute Gasteiger partial charge is 0.349 e. The minimum atomic E-state index is -4.46. The van der Waals surface area contributed by atoms with Crippen molar-refractivity contribution < 1.29 is 18.0 Å². The van der Waals surface area contributed by atoms with Crippen molar-refractivity contribution >= 4 is 17.4 Å². The maximum atomic E-state index is 12.9. The molecule has 1 aliphatic carbocycles. The largest absolute Gasteiger partial charge is 0.435 e. The van der Waals surface area contributed by atoms with E-state index >= 15 is 0 Å². The molecule has 1 N–H and O–H groups in total. The van der Waals surface area contributed by atoms with Gasteiger partial charge in [0.05, 0.1) is 12.2 Å². The molecule has 0 unspecified atom stereocenters. The highest BCUT2D eigenvalue weighted by Crippen LogP contribution is 2.42. The summed E-state index contributed by atoms with van der Waals surface area (Å²) < 4.78 is 43.7. The zero-order valence-corrected chi connectivity index (χ0v) is 14.5. The van der Waals surface area contributed by atoms with Crippen LogP contribution < -0.4 is 5.32 Å². The highest BCUT2D eigenvalue weighted by atomic mass is 32.1. The average molecular weight is 373 g/mol. The molecule has 3 rings (SSSR count). The van der Waals surface area contributed by atoms with E-state index in [1.54, 1.807) is 0 Å². The average Bonchev–Trinajstić information content (AvgIpc) is 3.11. The van der Waals surface area contributed by atoms with Gasteiger partial charge in [0.15, 0.2) is 5.69 Å². The van der Waals surface area contributed by atoms with Gasteiger partial charge in [-0.2, -0.15) is 18.3 Å². The molecule has 2 aromatic heterocycles. The molecule has 0 aromatic carbocycles. The van der Waals surface area contributed by atoms with Crippen LogP contribution in [0.4, 0.5) is 13.2 Å². The highest BCUT2D eigenvalue weighted by Gasteiger charge is 2.37. The summed E-state index contributed by atoms with van der Waals surface area (Å²) in [5.74, 6) is -0.157. The van der Waals surface area contributed by atoms with E-state index in [-0.39, 0.29) is 24.9 Å². The molecule has 10 heteroatoms. The number of nitrogens with zero attached hydrogens (tertiary/aromatic N) is 4. The van der Waals surface area contributed by atoms with Crippen LogP contribution in [0.1, 0.15) is 58.9 Å². The van der Waals surface area contributed by atoms with E-state index in [4.69, 9.17) is 0 Å². The summed E-state index contributed by atoms with van der Waals surface area (Å²) in [5.41, 5.74) is 0.368. The molecule has 25 heavy (non-hydrogen) atoms. The predicted molar refractivity (Wildman–Crippen MR) is 85.4 cm³/mol. The Kier molecular flexibility index (Phi) is 5.07. The number of rotatable bonds is 7. The number of hydrogen-bond acceptors (Lipinski definition) is 5. The number of halogens is 3. The Balaban J connectivity index is 1.63. The molecule has 1 amide bonds. The standard InChI is InChI=1S/C15H18F3N5OS/c1-2-3-10-13(25-22-20-10)14(24)19-6-7-23-11(9-4-5-9)8-12(21-23)15(16,17)18/h8-9H,2-7H2,1H3,(H,19,24). The number of alkyl halides is 3. The van der Waals surface area contributed by atoms with E-state index in [1.165, 1.54) is 4.68 Å². The van der Waals surface area contributed by atoms with Crippen LogP contribution in [0.15, 0.2) is 6.07 Å². The van der Waals surface area contributed by atoms with E-state index in [0.717, 1.165) is 36.9 Å². The first-order chi connectivity index (χ1) is 11.9. The normalized spacial score (nSPS) is 14.7. The second-order valence-corrected chi connectivity index (χ2v) is 6.76. The van der Waals surface area contributed by atoms with Gasteiger partial charge in [0.1, 0.15) is 4.88 Å². The van der Waals surface area contributed by atoms with Gasteiger partial charge in [-0.05, 0) is 36.9 Å². The van der Waals surface area contributed by atoms with Crippen molar-refractivity contribution in [1.82, 2.24) is 24.7 Å². The Bertz CT molecular complexity index is 751. The molecule has 0 spiro atoms. The number of aromatic nitrogens is 4. The molecule has 0 radical (unpaired) electrons. The van der Waals surface area contributed by atoms with E-state index in [0.29, 0.717) is 22.7 Å². The summed E-state index contributed by atoms with van der Waals surface area (Å²) in [5, 5.41) is 10.3. The highest BCUT2D eigenvalue weighted by molar-refractivity contribution is 7.08. The molecule has 0 atom stereocenters. The molecular formula is C15H18F3N5OS. The van der Waals surface area contributed by atoms with E-state index in [9.17, 15) is 18.0 Å². The topological polar surface area (TPSA) is 72.7 Å². The lowest BCUT2D eigenvalue weighted by molar-refractivity contribution is -0.141. The van der Waals surface area contributed by atoms with Gasteiger partial charge in [-0.3, -0.25) is 9.48 Å². The number of carbonyl (C=O) groups excluding carboxylic acids is 1. The predicted octanol–water partition coefficient (Wildman–Crippen LogP) is 3.01. The lowest BCUT2D eigenvalue weighted by Gasteiger charge is -2.08. The number of nitrogens with one attached hydrogen (secondary N) is 1.